The van der Waals surface area contributed by atoms with Crippen molar-refractivity contribution in [3.8, 4) is 23.0 Å². The Hall–Kier alpha value is -11.5. The molecule has 2 amide bonds. The zero-order valence-corrected chi connectivity index (χ0v) is 75.2. The maximum atomic E-state index is 13.1. The van der Waals surface area contributed by atoms with Crippen molar-refractivity contribution < 1.29 is 129 Å². The molecule has 710 valence electrons. The van der Waals surface area contributed by atoms with Crippen LogP contribution in [0, 0.1) is 80.4 Å². The van der Waals surface area contributed by atoms with Crippen molar-refractivity contribution in [2.45, 2.75) is 235 Å². The van der Waals surface area contributed by atoms with Gasteiger partial charge < -0.3 is 55.3 Å². The summed E-state index contributed by atoms with van der Waals surface area (Å²) in [5.41, 5.74) is 17.6. The molecule has 0 radical (unpaired) electrons. The van der Waals surface area contributed by atoms with E-state index in [2.05, 4.69) is 13.8 Å². The summed E-state index contributed by atoms with van der Waals surface area (Å²) in [5.74, 6) is -4.29. The van der Waals surface area contributed by atoms with Crippen molar-refractivity contribution in [3.05, 3.63) is 223 Å². The molecule has 4 saturated carbocycles. The molecule has 7 aromatic rings. The van der Waals surface area contributed by atoms with E-state index in [4.69, 9.17) is 53.7 Å². The minimum Gasteiger partial charge on any atom is -0.460 e. The minimum atomic E-state index is -5.14. The number of nitrogens with zero attached hydrogens (tertiary/aromatic N) is 2. The fraction of sp³-hybridized carbons (Fsp3) is 0.473. The average molecular weight is 1870 g/mol. The number of nitrogens with one attached hydrogen (secondary N) is 2. The highest BCUT2D eigenvalue weighted by Gasteiger charge is 2.59. The Kier molecular flexibility index (Phi) is 35.6. The molecule has 13 atom stereocenters. The molecular formula is C93H110F6N6O24S2. The number of hydrogen-bond donors (Lipinski definition) is 6. The van der Waals surface area contributed by atoms with Crippen LogP contribution >= 0.6 is 0 Å². The lowest BCUT2D eigenvalue weighted by Gasteiger charge is -2.50. The van der Waals surface area contributed by atoms with E-state index in [1.165, 1.54) is 78.4 Å². The van der Waals surface area contributed by atoms with Crippen LogP contribution in [-0.4, -0.2) is 127 Å². The zero-order valence-electron chi connectivity index (χ0n) is 73.5. The fourth-order valence-electron chi connectivity index (χ4n) is 18.4. The number of nitro groups is 2. The monoisotopic (exact) mass is 1870 g/mol. The Bertz CT molecular complexity index is 5310. The number of non-ortho nitro benzene ring substituents is 2. The number of fused-ring (bicyclic) bond motifs is 10. The summed E-state index contributed by atoms with van der Waals surface area (Å²) in [6.45, 7) is 15.8. The lowest BCUT2D eigenvalue weighted by atomic mass is 9.55. The van der Waals surface area contributed by atoms with Gasteiger partial charge in [0.25, 0.3) is 31.6 Å². The predicted octanol–water partition coefficient (Wildman–Crippen LogP) is 17.7. The van der Waals surface area contributed by atoms with Gasteiger partial charge in [0.1, 0.15) is 59.9 Å². The van der Waals surface area contributed by atoms with Gasteiger partial charge in [-0.25, -0.2) is 19.2 Å². The largest absolute Gasteiger partial charge is 0.519 e. The summed E-state index contributed by atoms with van der Waals surface area (Å²) in [4.78, 5) is 106. The van der Waals surface area contributed by atoms with E-state index in [0.29, 0.717) is 55.7 Å². The van der Waals surface area contributed by atoms with Crippen molar-refractivity contribution in [1.82, 2.24) is 10.6 Å². The van der Waals surface area contributed by atoms with Gasteiger partial charge in [-0.2, -0.15) is 43.2 Å². The van der Waals surface area contributed by atoms with Crippen LogP contribution in [0.3, 0.4) is 0 Å². The first-order valence-electron chi connectivity index (χ1n) is 43.0. The van der Waals surface area contributed by atoms with Crippen LogP contribution in [0.1, 0.15) is 189 Å². The first-order chi connectivity index (χ1) is 61.5. The zero-order chi connectivity index (χ0) is 96.3. The molecule has 6 aliphatic carbocycles. The normalized spacial score (nSPS) is 21.6. The van der Waals surface area contributed by atoms with Gasteiger partial charge >= 0.3 is 54.4 Å². The summed E-state index contributed by atoms with van der Waals surface area (Å²) >= 11 is 0. The van der Waals surface area contributed by atoms with E-state index in [0.717, 1.165) is 104 Å². The van der Waals surface area contributed by atoms with E-state index in [1.807, 2.05) is 67.7 Å². The van der Waals surface area contributed by atoms with E-state index < -0.39 is 108 Å². The lowest BCUT2D eigenvalue weighted by molar-refractivity contribution is -0.385. The van der Waals surface area contributed by atoms with Gasteiger partial charge in [0.05, 0.1) is 19.6 Å². The molecule has 0 spiro atoms. The Morgan fingerprint density at radius 1 is 0.504 bits per heavy atom. The SMILES string of the molecule is CC(C)C[C@H](NC(=O)C(F)(F)F)C(=O)Oc1ccc2c(c1)CCC1C2CC[C@@]2(C)C1CC[C@@H]2OC(=O)[C@H](CC(C)C)NC(=O)C(F)(F)F.C[C@]12CCC3c4ccc(OC(=O)Oc5ccc([N+](=O)[O-])cc5)cc4CCC3C1CC[C@@H]2OC(=O)Oc1ccc([N+](=O)[O-])cc1.Cc1ccc(S(=O)(=O)O)cc1.Cc1ccc(S(=O)(=O)O)cc1.NCCCC[C@H](N)C(=O)OCc1ccccc1. The molecule has 131 heavy (non-hydrogen) atoms. The number of nitro benzene ring substituents is 2. The van der Waals surface area contributed by atoms with Gasteiger partial charge in [-0.1, -0.05) is 126 Å². The number of benzene rings is 7. The van der Waals surface area contributed by atoms with Crippen LogP contribution in [0.4, 0.5) is 47.3 Å². The summed E-state index contributed by atoms with van der Waals surface area (Å²) < 4.78 is 175. The van der Waals surface area contributed by atoms with Crippen molar-refractivity contribution in [1.29, 1.82) is 0 Å². The summed E-state index contributed by atoms with van der Waals surface area (Å²) in [7, 11) is -8.04. The third kappa shape index (κ3) is 28.8. The van der Waals surface area contributed by atoms with Crippen LogP contribution in [0.2, 0.25) is 0 Å². The highest BCUT2D eigenvalue weighted by Crippen LogP contribution is 2.63. The highest BCUT2D eigenvalue weighted by atomic mass is 32.2. The second-order valence-corrected chi connectivity index (χ2v) is 37.8. The number of halogens is 6. The maximum absolute atomic E-state index is 13.1. The van der Waals surface area contributed by atoms with Crippen molar-refractivity contribution in [2.24, 2.45) is 57.8 Å². The second-order valence-electron chi connectivity index (χ2n) is 34.9. The smallest absolute Gasteiger partial charge is 0.460 e. The number of aryl methyl sites for hydroxylation is 4. The molecule has 38 heteroatoms. The predicted molar refractivity (Wildman–Crippen MR) is 465 cm³/mol. The molecule has 8 N–H and O–H groups in total. The minimum absolute atomic E-state index is 0.00682. The number of hydrogen-bond acceptors (Lipinski definition) is 24. The summed E-state index contributed by atoms with van der Waals surface area (Å²) in [5, 5.41) is 25.2. The average Bonchev–Trinajstić information content (AvgIpc) is 1.62. The first-order valence-corrected chi connectivity index (χ1v) is 45.9. The quantitative estimate of drug-likeness (QED) is 0.00356. The number of alkyl halides is 6. The molecule has 0 aromatic heterocycles. The highest BCUT2D eigenvalue weighted by molar-refractivity contribution is 7.86. The molecule has 6 unspecified atom stereocenters. The van der Waals surface area contributed by atoms with Crippen molar-refractivity contribution in [3.63, 3.8) is 0 Å². The van der Waals surface area contributed by atoms with Gasteiger partial charge in [-0.3, -0.25) is 43.7 Å². The molecule has 30 nitrogen and oxygen atoms in total. The van der Waals surface area contributed by atoms with E-state index in [1.54, 1.807) is 75.5 Å². The lowest BCUT2D eigenvalue weighted by Crippen LogP contribution is -2.50. The summed E-state index contributed by atoms with van der Waals surface area (Å²) in [6, 6.07) is 39.5. The molecule has 0 bridgehead atoms. The number of unbranched alkanes of at least 4 members (excludes halogenated alkanes) is 1. The molecule has 0 saturated heterocycles. The Balaban J connectivity index is 0.000000210. The molecule has 0 aliphatic heterocycles. The number of esters is 3. The summed E-state index contributed by atoms with van der Waals surface area (Å²) in [6.07, 6.45) is -0.893. The fourth-order valence-corrected chi connectivity index (χ4v) is 19.4. The van der Waals surface area contributed by atoms with Crippen LogP contribution in [0.25, 0.3) is 0 Å². The maximum Gasteiger partial charge on any atom is 0.519 e. The Morgan fingerprint density at radius 3 is 1.31 bits per heavy atom. The van der Waals surface area contributed by atoms with Crippen LogP contribution in [0.15, 0.2) is 174 Å². The first kappa shape index (κ1) is 103. The number of ether oxygens (including phenoxy) is 7. The number of amides is 2. The topological polar surface area (TPSA) is 455 Å². The molecule has 13 rings (SSSR count). The molecule has 0 heterocycles. The van der Waals surface area contributed by atoms with Gasteiger partial charge in [-0.05, 0) is 271 Å². The third-order valence-corrected chi connectivity index (χ3v) is 26.6. The number of carbonyl (C=O) groups is 7. The van der Waals surface area contributed by atoms with Crippen molar-refractivity contribution >= 4 is 73.6 Å². The van der Waals surface area contributed by atoms with E-state index in [-0.39, 0.29) is 105 Å². The number of nitrogens with two attached hydrogens (primary N) is 2. The Labute approximate surface area is 755 Å². The van der Waals surface area contributed by atoms with Crippen LogP contribution < -0.4 is 41.0 Å². The van der Waals surface area contributed by atoms with Gasteiger partial charge in [0.15, 0.2) is 0 Å². The van der Waals surface area contributed by atoms with Gasteiger partial charge in [0, 0.05) is 35.1 Å². The van der Waals surface area contributed by atoms with Crippen molar-refractivity contribution in [2.75, 3.05) is 6.54 Å². The third-order valence-electron chi connectivity index (χ3n) is 24.9. The van der Waals surface area contributed by atoms with E-state index >= 15 is 0 Å². The van der Waals surface area contributed by atoms with Crippen LogP contribution in [-0.2, 0) is 77.9 Å². The van der Waals surface area contributed by atoms with Crippen LogP contribution in [0.5, 0.6) is 23.0 Å². The Morgan fingerprint density at radius 2 is 0.901 bits per heavy atom. The van der Waals surface area contributed by atoms with E-state index in [9.17, 15) is 97.0 Å². The molecule has 7 aromatic carbocycles. The van der Waals surface area contributed by atoms with Gasteiger partial charge in [-0.15, -0.1) is 0 Å². The molecular weight excluding hydrogens is 1760 g/mol. The van der Waals surface area contributed by atoms with Gasteiger partial charge in [0.2, 0.25) is 0 Å². The molecule has 4 fully saturated rings. The number of rotatable bonds is 25. The second kappa shape index (κ2) is 45.1. The molecule has 6 aliphatic rings. The standard InChI is InChI=1S/C34H44F6N2O6.C32H30N2O10.C13H20N2O2.2C7H8O3S/c1-17(2)14-25(41-30(45)33(35,36)37)28(43)47-20-7-9-21-19(16-20)6-8-23-22(21)12-13-32(5)24(23)10-11-27(32)48-29(44)26(15-18(3)4)42-31(46)34(38,39)40;1-32-17-16-26-25-13-11-24(43-30(35)41-22-7-3-20(4-8-22)33(37)38)18-19(25)2-12-27(26)28(32)14-15-29(32)44-31(36)42-23-9-5-21(6-10-23)34(39)40;14-9-5-4-8-12(15)13(16)17-10-11-6-2-1-3-7-11;2*1-6-2-4-7(5-3-6)11(8,9)10/h7,9,16-18,22-27H,6,8,10-15H2,1-5H3,(H,41,45)(H,42,46);3-11,13,18,26-29H,2,12,14-17H2,1H3;1-3,6-7,12H,4-5,8-10,14-15H2;2*2-5H,1H3,(H,8,9,10)/t22?,23?,24?,25-,26-,27-,32-;26?,27?,28?,29-,32-;12-;;/m000../s1. The number of carbonyl (C=O) groups excluding carboxylic acids is 7.